The van der Waals surface area contributed by atoms with Crippen LogP contribution in [0.25, 0.3) is 10.7 Å². The number of rotatable bonds is 3. The van der Waals surface area contributed by atoms with Gasteiger partial charge in [0.1, 0.15) is 4.88 Å². The van der Waals surface area contributed by atoms with Gasteiger partial charge in [0.15, 0.2) is 5.82 Å². The van der Waals surface area contributed by atoms with Crippen LogP contribution in [0.4, 0.5) is 5.95 Å². The molecule has 3 N–H and O–H groups in total. The van der Waals surface area contributed by atoms with Crippen LogP contribution in [0, 0.1) is 0 Å². The number of aromatic nitrogens is 5. The Labute approximate surface area is 115 Å². The Kier molecular flexibility index (Phi) is 3.43. The Morgan fingerprint density at radius 1 is 1.53 bits per heavy atom. The van der Waals surface area contributed by atoms with E-state index in [9.17, 15) is 0 Å². The number of nitrogens with zero attached hydrogens (tertiary/aromatic N) is 5. The molecule has 1 unspecified atom stereocenters. The Morgan fingerprint density at radius 2 is 2.42 bits per heavy atom. The Balaban J connectivity index is 1.83. The highest BCUT2D eigenvalue weighted by atomic mass is 32.1. The minimum absolute atomic E-state index is 0.215. The van der Waals surface area contributed by atoms with Crippen LogP contribution < -0.4 is 10.6 Å². The van der Waals surface area contributed by atoms with E-state index in [1.54, 1.807) is 0 Å². The number of nitrogens with one attached hydrogen (secondary N) is 1. The molecule has 2 aromatic rings. The summed E-state index contributed by atoms with van der Waals surface area (Å²) in [5.41, 5.74) is 6.95. The summed E-state index contributed by atoms with van der Waals surface area (Å²) < 4.78 is 3.97. The second kappa shape index (κ2) is 5.22. The average molecular weight is 279 g/mol. The van der Waals surface area contributed by atoms with Gasteiger partial charge in [-0.15, -0.1) is 10.2 Å². The topological polar surface area (TPSA) is 96.6 Å². The van der Waals surface area contributed by atoms with E-state index in [0.717, 1.165) is 54.7 Å². The van der Waals surface area contributed by atoms with Crippen molar-refractivity contribution < 1.29 is 0 Å². The molecule has 0 aliphatic carbocycles. The maximum Gasteiger partial charge on any atom is 0.245 e. The van der Waals surface area contributed by atoms with Crippen molar-refractivity contribution in [2.24, 2.45) is 5.73 Å². The van der Waals surface area contributed by atoms with Gasteiger partial charge in [0.05, 0.1) is 5.69 Å². The SMILES string of the molecule is CCc1nnsc1-c1nc(N2CCCC(N)C2)n[nH]1. The highest BCUT2D eigenvalue weighted by Crippen LogP contribution is 2.25. The first-order chi connectivity index (χ1) is 9.28. The van der Waals surface area contributed by atoms with Gasteiger partial charge < -0.3 is 10.6 Å². The predicted octanol–water partition coefficient (Wildman–Crippen LogP) is 0.813. The molecular weight excluding hydrogens is 262 g/mol. The molecule has 1 saturated heterocycles. The van der Waals surface area contributed by atoms with E-state index in [1.807, 2.05) is 0 Å². The molecule has 2 aromatic heterocycles. The third kappa shape index (κ3) is 2.45. The zero-order valence-corrected chi connectivity index (χ0v) is 11.7. The van der Waals surface area contributed by atoms with Gasteiger partial charge in [-0.25, -0.2) is 0 Å². The Bertz CT molecular complexity index is 549. The molecule has 7 nitrogen and oxygen atoms in total. The second-order valence-electron chi connectivity index (χ2n) is 4.73. The van der Waals surface area contributed by atoms with E-state index in [1.165, 1.54) is 11.5 Å². The lowest BCUT2D eigenvalue weighted by Crippen LogP contribution is -2.43. The molecule has 1 aliphatic rings. The van der Waals surface area contributed by atoms with E-state index in [2.05, 4.69) is 36.6 Å². The summed E-state index contributed by atoms with van der Waals surface area (Å²) in [4.78, 5) is 7.66. The van der Waals surface area contributed by atoms with Crippen LogP contribution in [0.1, 0.15) is 25.5 Å². The first kappa shape index (κ1) is 12.5. The smallest absolute Gasteiger partial charge is 0.245 e. The predicted molar refractivity (Wildman–Crippen MR) is 74.1 cm³/mol. The van der Waals surface area contributed by atoms with Crippen LogP contribution in [0.5, 0.6) is 0 Å². The maximum atomic E-state index is 5.98. The summed E-state index contributed by atoms with van der Waals surface area (Å²) in [5, 5.41) is 11.4. The lowest BCUT2D eigenvalue weighted by molar-refractivity contribution is 0.500. The summed E-state index contributed by atoms with van der Waals surface area (Å²) in [7, 11) is 0. The van der Waals surface area contributed by atoms with Crippen LogP contribution in [-0.4, -0.2) is 43.9 Å². The monoisotopic (exact) mass is 279 g/mol. The molecule has 0 saturated carbocycles. The Morgan fingerprint density at radius 3 is 3.21 bits per heavy atom. The first-order valence-corrected chi connectivity index (χ1v) is 7.29. The lowest BCUT2D eigenvalue weighted by Gasteiger charge is -2.29. The molecule has 0 aromatic carbocycles. The third-order valence-electron chi connectivity index (χ3n) is 3.32. The summed E-state index contributed by atoms with van der Waals surface area (Å²) in [6.07, 6.45) is 3.01. The second-order valence-corrected chi connectivity index (χ2v) is 5.49. The number of H-pyrrole nitrogens is 1. The average Bonchev–Trinajstić information content (AvgIpc) is 3.07. The molecule has 8 heteroatoms. The molecule has 3 rings (SSSR count). The third-order valence-corrected chi connectivity index (χ3v) is 4.09. The van der Waals surface area contributed by atoms with Crippen LogP contribution in [-0.2, 0) is 6.42 Å². The molecular formula is C11H17N7S. The fraction of sp³-hybridized carbons (Fsp3) is 0.636. The summed E-state index contributed by atoms with van der Waals surface area (Å²) in [6, 6.07) is 0.215. The molecule has 1 fully saturated rings. The molecule has 0 radical (unpaired) electrons. The summed E-state index contributed by atoms with van der Waals surface area (Å²) in [5.74, 6) is 1.47. The van der Waals surface area contributed by atoms with E-state index in [4.69, 9.17) is 5.73 Å². The van der Waals surface area contributed by atoms with Gasteiger partial charge in [0.25, 0.3) is 0 Å². The molecule has 1 atom stereocenters. The van der Waals surface area contributed by atoms with Crippen LogP contribution in [0.2, 0.25) is 0 Å². The number of hydrogen-bond acceptors (Lipinski definition) is 7. The van der Waals surface area contributed by atoms with E-state index < -0.39 is 0 Å². The fourth-order valence-corrected chi connectivity index (χ4v) is 3.00. The first-order valence-electron chi connectivity index (χ1n) is 6.52. The highest BCUT2D eigenvalue weighted by Gasteiger charge is 2.21. The Hall–Kier alpha value is -1.54. The maximum absolute atomic E-state index is 5.98. The number of piperidine rings is 1. The van der Waals surface area contributed by atoms with Gasteiger partial charge in [-0.1, -0.05) is 11.4 Å². The zero-order valence-electron chi connectivity index (χ0n) is 10.8. The molecule has 0 amide bonds. The van der Waals surface area contributed by atoms with Crippen LogP contribution in [0.3, 0.4) is 0 Å². The number of hydrogen-bond donors (Lipinski definition) is 2. The molecule has 0 spiro atoms. The van der Waals surface area contributed by atoms with Crippen molar-refractivity contribution >= 4 is 17.5 Å². The number of anilines is 1. The van der Waals surface area contributed by atoms with Crippen molar-refractivity contribution in [3.63, 3.8) is 0 Å². The van der Waals surface area contributed by atoms with Crippen molar-refractivity contribution in [2.45, 2.75) is 32.2 Å². The van der Waals surface area contributed by atoms with Crippen LogP contribution in [0.15, 0.2) is 0 Å². The quantitative estimate of drug-likeness (QED) is 0.863. The van der Waals surface area contributed by atoms with Crippen LogP contribution >= 0.6 is 11.5 Å². The summed E-state index contributed by atoms with van der Waals surface area (Å²) in [6.45, 7) is 3.84. The number of aromatic amines is 1. The largest absolute Gasteiger partial charge is 0.338 e. The van der Waals surface area contributed by atoms with Crippen molar-refractivity contribution in [1.82, 2.24) is 24.8 Å². The van der Waals surface area contributed by atoms with Crippen molar-refractivity contribution in [3.05, 3.63) is 5.69 Å². The highest BCUT2D eigenvalue weighted by molar-refractivity contribution is 7.09. The van der Waals surface area contributed by atoms with Gasteiger partial charge >= 0.3 is 0 Å². The number of aryl methyl sites for hydroxylation is 1. The minimum atomic E-state index is 0.215. The normalized spacial score (nSPS) is 19.9. The standard InChI is InChI=1S/C11H17N7S/c1-2-8-9(19-17-14-8)10-13-11(16-15-10)18-5-3-4-7(12)6-18/h7H,2-6,12H2,1H3,(H,13,15,16). The van der Waals surface area contributed by atoms with Crippen molar-refractivity contribution in [1.29, 1.82) is 0 Å². The van der Waals surface area contributed by atoms with E-state index in [0.29, 0.717) is 0 Å². The minimum Gasteiger partial charge on any atom is -0.338 e. The number of nitrogens with two attached hydrogens (primary N) is 1. The van der Waals surface area contributed by atoms with Crippen molar-refractivity contribution in [3.8, 4) is 10.7 Å². The van der Waals surface area contributed by atoms with Gasteiger partial charge in [-0.2, -0.15) is 4.98 Å². The van der Waals surface area contributed by atoms with E-state index in [-0.39, 0.29) is 6.04 Å². The molecule has 3 heterocycles. The molecule has 19 heavy (non-hydrogen) atoms. The van der Waals surface area contributed by atoms with Crippen molar-refractivity contribution in [2.75, 3.05) is 18.0 Å². The zero-order chi connectivity index (χ0) is 13.2. The lowest BCUT2D eigenvalue weighted by atomic mass is 10.1. The molecule has 1 aliphatic heterocycles. The van der Waals surface area contributed by atoms with Gasteiger partial charge in [0.2, 0.25) is 5.95 Å². The van der Waals surface area contributed by atoms with Gasteiger partial charge in [0, 0.05) is 19.1 Å². The van der Waals surface area contributed by atoms with E-state index >= 15 is 0 Å². The summed E-state index contributed by atoms with van der Waals surface area (Å²) >= 11 is 1.35. The fourth-order valence-electron chi connectivity index (χ4n) is 2.31. The molecule has 0 bridgehead atoms. The van der Waals surface area contributed by atoms with Gasteiger partial charge in [-0.3, -0.25) is 5.10 Å². The molecule has 102 valence electrons. The van der Waals surface area contributed by atoms with Gasteiger partial charge in [-0.05, 0) is 30.8 Å².